The molecule has 0 saturated carbocycles. The van der Waals surface area contributed by atoms with E-state index >= 15 is 0 Å². The molecule has 1 fully saturated rings. The van der Waals surface area contributed by atoms with Crippen LogP contribution >= 0.6 is 0 Å². The molecule has 1 heterocycles. The van der Waals surface area contributed by atoms with Crippen LogP contribution in [-0.4, -0.2) is 46.7 Å². The van der Waals surface area contributed by atoms with Crippen LogP contribution in [0.3, 0.4) is 0 Å². The van der Waals surface area contributed by atoms with Crippen molar-refractivity contribution >= 4 is 23.7 Å². The summed E-state index contributed by atoms with van der Waals surface area (Å²) in [5.74, 6) is -1.34. The molecule has 0 radical (unpaired) electrons. The second-order valence-electron chi connectivity index (χ2n) is 7.52. The van der Waals surface area contributed by atoms with Crippen molar-refractivity contribution < 1.29 is 24.2 Å². The largest absolute Gasteiger partial charge is 0.481 e. The molecule has 1 saturated heterocycles. The minimum atomic E-state index is -0.897. The molecule has 0 spiro atoms. The van der Waals surface area contributed by atoms with E-state index in [0.29, 0.717) is 30.8 Å². The number of carbonyl (C=O) groups excluding carboxylic acids is 2. The van der Waals surface area contributed by atoms with Crippen LogP contribution in [0.15, 0.2) is 24.3 Å². The molecule has 1 atom stereocenters. The third-order valence-electron chi connectivity index (χ3n) is 4.02. The van der Waals surface area contributed by atoms with Crippen molar-refractivity contribution in [3.63, 3.8) is 0 Å². The highest BCUT2D eigenvalue weighted by atomic mass is 16.6. The maximum Gasteiger partial charge on any atom is 0.410 e. The van der Waals surface area contributed by atoms with Gasteiger partial charge in [-0.25, -0.2) is 4.79 Å². The fourth-order valence-electron chi connectivity index (χ4n) is 2.81. The SMILES string of the molecule is CC(C)(C)OC(=O)N1CCCC(C(=O)Nc2ccc(CC(=O)O)cc2)C1. The number of carboxylic acids is 1. The molecule has 2 amide bonds. The second kappa shape index (κ2) is 8.21. The molecule has 1 unspecified atom stereocenters. The zero-order valence-corrected chi connectivity index (χ0v) is 15.4. The lowest BCUT2D eigenvalue weighted by Gasteiger charge is -2.33. The monoisotopic (exact) mass is 362 g/mol. The Bertz CT molecular complexity index is 664. The number of aliphatic carboxylic acids is 1. The summed E-state index contributed by atoms with van der Waals surface area (Å²) >= 11 is 0. The first-order valence-corrected chi connectivity index (χ1v) is 8.73. The van der Waals surface area contributed by atoms with Gasteiger partial charge in [0, 0.05) is 18.8 Å². The maximum absolute atomic E-state index is 12.5. The van der Waals surface area contributed by atoms with Crippen molar-refractivity contribution in [1.29, 1.82) is 0 Å². The third kappa shape index (κ3) is 6.06. The van der Waals surface area contributed by atoms with Gasteiger partial charge in [0.2, 0.25) is 5.91 Å². The summed E-state index contributed by atoms with van der Waals surface area (Å²) in [5, 5.41) is 11.6. The molecule has 0 bridgehead atoms. The highest BCUT2D eigenvalue weighted by molar-refractivity contribution is 5.93. The van der Waals surface area contributed by atoms with Crippen LogP contribution < -0.4 is 5.32 Å². The number of rotatable bonds is 4. The Hall–Kier alpha value is -2.57. The summed E-state index contributed by atoms with van der Waals surface area (Å²) in [6, 6.07) is 6.73. The summed E-state index contributed by atoms with van der Waals surface area (Å²) in [6.45, 7) is 6.35. The zero-order valence-electron chi connectivity index (χ0n) is 15.4. The van der Waals surface area contributed by atoms with Crippen molar-refractivity contribution in [2.75, 3.05) is 18.4 Å². The first-order valence-electron chi connectivity index (χ1n) is 8.73. The third-order valence-corrected chi connectivity index (χ3v) is 4.02. The molecule has 2 N–H and O–H groups in total. The van der Waals surface area contributed by atoms with E-state index in [-0.39, 0.29) is 18.2 Å². The lowest BCUT2D eigenvalue weighted by Crippen LogP contribution is -2.45. The Morgan fingerprint density at radius 3 is 2.46 bits per heavy atom. The smallest absolute Gasteiger partial charge is 0.410 e. The fourth-order valence-corrected chi connectivity index (χ4v) is 2.81. The van der Waals surface area contributed by atoms with Crippen LogP contribution in [0.2, 0.25) is 0 Å². The number of nitrogens with one attached hydrogen (secondary N) is 1. The van der Waals surface area contributed by atoms with Crippen LogP contribution in [0.5, 0.6) is 0 Å². The van der Waals surface area contributed by atoms with Gasteiger partial charge < -0.3 is 20.1 Å². The lowest BCUT2D eigenvalue weighted by atomic mass is 9.97. The molecule has 1 aromatic rings. The van der Waals surface area contributed by atoms with Gasteiger partial charge in [0.1, 0.15) is 5.60 Å². The van der Waals surface area contributed by atoms with E-state index in [4.69, 9.17) is 9.84 Å². The molecule has 142 valence electrons. The van der Waals surface area contributed by atoms with Crippen molar-refractivity contribution in [3.05, 3.63) is 29.8 Å². The number of ether oxygens (including phenoxy) is 1. The molecule has 0 aliphatic carbocycles. The van der Waals surface area contributed by atoms with Crippen molar-refractivity contribution in [2.45, 2.75) is 45.6 Å². The second-order valence-corrected chi connectivity index (χ2v) is 7.52. The number of benzene rings is 1. The summed E-state index contributed by atoms with van der Waals surface area (Å²) in [5.41, 5.74) is 0.715. The number of amides is 2. The topological polar surface area (TPSA) is 95.9 Å². The number of carboxylic acid groups (broad SMARTS) is 1. The standard InChI is InChI=1S/C19H26N2O5/c1-19(2,3)26-18(25)21-10-4-5-14(12-21)17(24)20-15-8-6-13(7-9-15)11-16(22)23/h6-9,14H,4-5,10-12H2,1-3H3,(H,20,24)(H,22,23). The van der Waals surface area contributed by atoms with Crippen LogP contribution in [-0.2, 0) is 20.7 Å². The van der Waals surface area contributed by atoms with Gasteiger partial charge in [-0.3, -0.25) is 9.59 Å². The molecule has 1 aliphatic heterocycles. The highest BCUT2D eigenvalue weighted by Crippen LogP contribution is 2.21. The molecule has 26 heavy (non-hydrogen) atoms. The Morgan fingerprint density at radius 2 is 1.88 bits per heavy atom. The summed E-state index contributed by atoms with van der Waals surface area (Å²) in [4.78, 5) is 37.0. The van der Waals surface area contributed by atoms with Gasteiger partial charge in [0.25, 0.3) is 0 Å². The average molecular weight is 362 g/mol. The number of anilines is 1. The molecule has 1 aromatic carbocycles. The number of carbonyl (C=O) groups is 3. The lowest BCUT2D eigenvalue weighted by molar-refractivity contribution is -0.136. The predicted molar refractivity (Wildman–Crippen MR) is 96.9 cm³/mol. The Kier molecular flexibility index (Phi) is 6.23. The average Bonchev–Trinajstić information content (AvgIpc) is 2.55. The van der Waals surface area contributed by atoms with E-state index in [1.165, 1.54) is 0 Å². The van der Waals surface area contributed by atoms with Crippen molar-refractivity contribution in [2.24, 2.45) is 5.92 Å². The molecular formula is C19H26N2O5. The highest BCUT2D eigenvalue weighted by Gasteiger charge is 2.31. The molecule has 7 nitrogen and oxygen atoms in total. The summed E-state index contributed by atoms with van der Waals surface area (Å²) in [6.07, 6.45) is 1.01. The zero-order chi connectivity index (χ0) is 19.3. The first-order chi connectivity index (χ1) is 12.1. The Labute approximate surface area is 153 Å². The van der Waals surface area contributed by atoms with Gasteiger partial charge in [-0.05, 0) is 51.3 Å². The van der Waals surface area contributed by atoms with E-state index in [1.807, 2.05) is 20.8 Å². The molecule has 1 aliphatic rings. The maximum atomic E-state index is 12.5. The van der Waals surface area contributed by atoms with E-state index < -0.39 is 17.7 Å². The van der Waals surface area contributed by atoms with Gasteiger partial charge in [-0.15, -0.1) is 0 Å². The fraction of sp³-hybridized carbons (Fsp3) is 0.526. The normalized spacial score (nSPS) is 17.5. The van der Waals surface area contributed by atoms with Gasteiger partial charge in [0.05, 0.1) is 12.3 Å². The molecule has 0 aromatic heterocycles. The number of likely N-dealkylation sites (tertiary alicyclic amines) is 1. The van der Waals surface area contributed by atoms with Gasteiger partial charge in [-0.1, -0.05) is 12.1 Å². The summed E-state index contributed by atoms with van der Waals surface area (Å²) in [7, 11) is 0. The van der Waals surface area contributed by atoms with Crippen LogP contribution in [0.1, 0.15) is 39.2 Å². The molecular weight excluding hydrogens is 336 g/mol. The van der Waals surface area contributed by atoms with E-state index in [9.17, 15) is 14.4 Å². The van der Waals surface area contributed by atoms with Crippen molar-refractivity contribution in [3.8, 4) is 0 Å². The van der Waals surface area contributed by atoms with Gasteiger partial charge >= 0.3 is 12.1 Å². The quantitative estimate of drug-likeness (QED) is 0.858. The van der Waals surface area contributed by atoms with E-state index in [1.54, 1.807) is 29.2 Å². The van der Waals surface area contributed by atoms with Gasteiger partial charge in [-0.2, -0.15) is 0 Å². The molecule has 2 rings (SSSR count). The first kappa shape index (κ1) is 19.8. The van der Waals surface area contributed by atoms with Crippen LogP contribution in [0, 0.1) is 5.92 Å². The van der Waals surface area contributed by atoms with E-state index in [0.717, 1.165) is 6.42 Å². The number of piperidine rings is 1. The van der Waals surface area contributed by atoms with Gasteiger partial charge in [0.15, 0.2) is 0 Å². The number of hydrogen-bond acceptors (Lipinski definition) is 4. The van der Waals surface area contributed by atoms with E-state index in [2.05, 4.69) is 5.32 Å². The Morgan fingerprint density at radius 1 is 1.23 bits per heavy atom. The number of nitrogens with zero attached hydrogens (tertiary/aromatic N) is 1. The minimum Gasteiger partial charge on any atom is -0.481 e. The molecule has 7 heteroatoms. The van der Waals surface area contributed by atoms with Crippen LogP contribution in [0.4, 0.5) is 10.5 Å². The number of hydrogen-bond donors (Lipinski definition) is 2. The predicted octanol–water partition coefficient (Wildman–Crippen LogP) is 2.90. The van der Waals surface area contributed by atoms with Crippen molar-refractivity contribution in [1.82, 2.24) is 4.90 Å². The Balaban J connectivity index is 1.92. The minimum absolute atomic E-state index is 0.0539. The van der Waals surface area contributed by atoms with Crippen LogP contribution in [0.25, 0.3) is 0 Å². The summed E-state index contributed by atoms with van der Waals surface area (Å²) < 4.78 is 5.38.